The molecule has 204 valence electrons. The number of alkyl halides is 2. The van der Waals surface area contributed by atoms with Crippen molar-refractivity contribution in [3.63, 3.8) is 0 Å². The number of rotatable bonds is 4. The standard InChI is InChI=1S/C27H14F10O2/c1-10-6-12-3-5-18(38-26(12)25(35)20(10)30)14-7-11-2-4-15(22(32)19(11)24(34)21(14)31)27(36,37)39-13-8-16(28)23(33)17(29)9-13/h2,4,6-9,18H,3,5H2,1H3. The summed E-state index contributed by atoms with van der Waals surface area (Å²) in [4.78, 5) is 0. The molecule has 1 aliphatic rings. The molecule has 0 fully saturated rings. The number of benzene rings is 4. The highest BCUT2D eigenvalue weighted by Crippen LogP contribution is 2.42. The summed E-state index contributed by atoms with van der Waals surface area (Å²) in [5.41, 5.74) is -1.76. The topological polar surface area (TPSA) is 18.5 Å². The third-order valence-corrected chi connectivity index (χ3v) is 6.37. The van der Waals surface area contributed by atoms with Gasteiger partial charge in [0, 0.05) is 17.7 Å². The molecule has 0 radical (unpaired) electrons. The van der Waals surface area contributed by atoms with Crippen molar-refractivity contribution in [1.29, 1.82) is 0 Å². The van der Waals surface area contributed by atoms with Gasteiger partial charge in [-0.05, 0) is 54.5 Å². The van der Waals surface area contributed by atoms with Crippen molar-refractivity contribution >= 4 is 10.8 Å². The Morgan fingerprint density at radius 3 is 2.10 bits per heavy atom. The van der Waals surface area contributed by atoms with Crippen LogP contribution in [-0.2, 0) is 12.5 Å². The molecule has 0 spiro atoms. The summed E-state index contributed by atoms with van der Waals surface area (Å²) in [5, 5.41) is -1.58. The van der Waals surface area contributed by atoms with Crippen LogP contribution in [0.1, 0.15) is 34.8 Å². The Bertz CT molecular complexity index is 1630. The Labute approximate surface area is 213 Å². The fourth-order valence-electron chi connectivity index (χ4n) is 4.48. The molecule has 1 unspecified atom stereocenters. The molecule has 4 aromatic rings. The van der Waals surface area contributed by atoms with Crippen molar-refractivity contribution < 1.29 is 53.4 Å². The van der Waals surface area contributed by atoms with Crippen LogP contribution in [0, 0.1) is 53.5 Å². The van der Waals surface area contributed by atoms with Gasteiger partial charge in [0.05, 0.1) is 5.39 Å². The average Bonchev–Trinajstić information content (AvgIpc) is 2.87. The maximum absolute atomic E-state index is 15.1. The van der Waals surface area contributed by atoms with Crippen molar-refractivity contribution in [3.8, 4) is 11.5 Å². The van der Waals surface area contributed by atoms with Gasteiger partial charge in [0.1, 0.15) is 23.2 Å². The summed E-state index contributed by atoms with van der Waals surface area (Å²) in [5.74, 6) is -15.3. The number of aryl methyl sites for hydroxylation is 2. The van der Waals surface area contributed by atoms with E-state index in [-0.39, 0.29) is 35.9 Å². The molecule has 1 atom stereocenters. The van der Waals surface area contributed by atoms with Crippen LogP contribution in [0.3, 0.4) is 0 Å². The van der Waals surface area contributed by atoms with E-state index in [1.54, 1.807) is 0 Å². The molecule has 0 saturated carbocycles. The van der Waals surface area contributed by atoms with Crippen molar-refractivity contribution in [3.05, 3.63) is 105 Å². The van der Waals surface area contributed by atoms with E-state index in [1.807, 2.05) is 0 Å². The van der Waals surface area contributed by atoms with Gasteiger partial charge in [-0.2, -0.15) is 13.2 Å². The zero-order chi connectivity index (χ0) is 28.4. The highest BCUT2D eigenvalue weighted by Gasteiger charge is 2.40. The van der Waals surface area contributed by atoms with E-state index in [0.717, 1.165) is 12.1 Å². The lowest BCUT2D eigenvalue weighted by molar-refractivity contribution is -0.187. The maximum atomic E-state index is 15.1. The molecule has 12 heteroatoms. The molecule has 2 nitrogen and oxygen atoms in total. The van der Waals surface area contributed by atoms with Crippen molar-refractivity contribution in [2.45, 2.75) is 32.0 Å². The van der Waals surface area contributed by atoms with Crippen molar-refractivity contribution in [2.24, 2.45) is 0 Å². The molecular weight excluding hydrogens is 546 g/mol. The first-order chi connectivity index (χ1) is 18.3. The summed E-state index contributed by atoms with van der Waals surface area (Å²) >= 11 is 0. The van der Waals surface area contributed by atoms with Crippen LogP contribution < -0.4 is 9.47 Å². The van der Waals surface area contributed by atoms with E-state index in [2.05, 4.69) is 4.74 Å². The molecule has 0 aliphatic carbocycles. The smallest absolute Gasteiger partial charge is 0.429 e. The molecule has 39 heavy (non-hydrogen) atoms. The predicted molar refractivity (Wildman–Crippen MR) is 117 cm³/mol. The minimum atomic E-state index is -4.66. The molecule has 0 N–H and O–H groups in total. The first kappa shape index (κ1) is 26.6. The van der Waals surface area contributed by atoms with Gasteiger partial charge in [0.25, 0.3) is 0 Å². The Kier molecular flexibility index (Phi) is 6.39. The number of halogens is 10. The van der Waals surface area contributed by atoms with Crippen LogP contribution in [0.15, 0.2) is 36.4 Å². The molecule has 1 aliphatic heterocycles. The molecule has 0 amide bonds. The van der Waals surface area contributed by atoms with E-state index < -0.39 is 86.8 Å². The second kappa shape index (κ2) is 9.35. The third kappa shape index (κ3) is 4.41. The minimum Gasteiger partial charge on any atom is -0.482 e. The van der Waals surface area contributed by atoms with Gasteiger partial charge in [-0.25, -0.2) is 30.7 Å². The number of fused-ring (bicyclic) bond motifs is 2. The highest BCUT2D eigenvalue weighted by atomic mass is 19.3. The van der Waals surface area contributed by atoms with Crippen LogP contribution in [-0.4, -0.2) is 0 Å². The second-order valence-electron chi connectivity index (χ2n) is 8.89. The minimum absolute atomic E-state index is 0.0106. The molecule has 5 rings (SSSR count). The molecular formula is C27H14F10O2. The van der Waals surface area contributed by atoms with Gasteiger partial charge >= 0.3 is 6.11 Å². The van der Waals surface area contributed by atoms with E-state index in [1.165, 1.54) is 13.0 Å². The second-order valence-corrected chi connectivity index (χ2v) is 8.89. The van der Waals surface area contributed by atoms with E-state index in [0.29, 0.717) is 11.6 Å². The summed E-state index contributed by atoms with van der Waals surface area (Å²) < 4.78 is 153. The van der Waals surface area contributed by atoms with Gasteiger partial charge in [0.2, 0.25) is 5.82 Å². The summed E-state index contributed by atoms with van der Waals surface area (Å²) in [6.45, 7) is 1.34. The Hall–Kier alpha value is -3.96. The van der Waals surface area contributed by atoms with Crippen LogP contribution in [0.5, 0.6) is 11.5 Å². The fourth-order valence-corrected chi connectivity index (χ4v) is 4.48. The lowest BCUT2D eigenvalue weighted by Crippen LogP contribution is -2.24. The van der Waals surface area contributed by atoms with E-state index >= 15 is 13.2 Å². The monoisotopic (exact) mass is 560 g/mol. The first-order valence-corrected chi connectivity index (χ1v) is 11.3. The molecule has 0 saturated heterocycles. The maximum Gasteiger partial charge on any atom is 0.429 e. The zero-order valence-electron chi connectivity index (χ0n) is 19.6. The summed E-state index contributed by atoms with van der Waals surface area (Å²) in [6, 6.07) is 3.75. The quantitative estimate of drug-likeness (QED) is 0.184. The summed E-state index contributed by atoms with van der Waals surface area (Å²) in [7, 11) is 0. The van der Waals surface area contributed by atoms with Crippen LogP contribution in [0.2, 0.25) is 0 Å². The van der Waals surface area contributed by atoms with Crippen LogP contribution >= 0.6 is 0 Å². The van der Waals surface area contributed by atoms with Gasteiger partial charge in [-0.3, -0.25) is 0 Å². The lowest BCUT2D eigenvalue weighted by Gasteiger charge is -2.28. The number of ether oxygens (including phenoxy) is 2. The Morgan fingerprint density at radius 1 is 0.769 bits per heavy atom. The van der Waals surface area contributed by atoms with E-state index in [9.17, 15) is 30.7 Å². The average molecular weight is 560 g/mol. The van der Waals surface area contributed by atoms with E-state index in [4.69, 9.17) is 4.74 Å². The number of hydrogen-bond acceptors (Lipinski definition) is 2. The van der Waals surface area contributed by atoms with Gasteiger partial charge in [0.15, 0.2) is 40.7 Å². The Balaban J connectivity index is 1.53. The largest absolute Gasteiger partial charge is 0.482 e. The van der Waals surface area contributed by atoms with Crippen molar-refractivity contribution in [1.82, 2.24) is 0 Å². The van der Waals surface area contributed by atoms with Crippen LogP contribution in [0.4, 0.5) is 43.9 Å². The SMILES string of the molecule is Cc1cc2c(c(F)c1F)OC(c1cc3ccc(C(F)(F)Oc4cc(F)c(F)c(F)c4)c(F)c3c(F)c1F)CC2. The first-order valence-electron chi connectivity index (χ1n) is 11.3. The zero-order valence-corrected chi connectivity index (χ0v) is 19.6. The third-order valence-electron chi connectivity index (χ3n) is 6.37. The highest BCUT2D eigenvalue weighted by molar-refractivity contribution is 5.85. The van der Waals surface area contributed by atoms with Crippen LogP contribution in [0.25, 0.3) is 10.8 Å². The summed E-state index contributed by atoms with van der Waals surface area (Å²) in [6.07, 6.45) is -5.86. The van der Waals surface area contributed by atoms with Gasteiger partial charge < -0.3 is 9.47 Å². The predicted octanol–water partition coefficient (Wildman–Crippen LogP) is 8.46. The van der Waals surface area contributed by atoms with Crippen molar-refractivity contribution in [2.75, 3.05) is 0 Å². The Morgan fingerprint density at radius 2 is 1.44 bits per heavy atom. The van der Waals surface area contributed by atoms with Gasteiger partial charge in [-0.1, -0.05) is 6.07 Å². The fraction of sp³-hybridized carbons (Fsp3) is 0.185. The normalized spacial score (nSPS) is 15.3. The molecule has 4 aromatic carbocycles. The molecule has 1 heterocycles. The van der Waals surface area contributed by atoms with Gasteiger partial charge in [-0.15, -0.1) is 0 Å². The molecule has 0 bridgehead atoms. The molecule has 0 aromatic heterocycles. The number of hydrogen-bond donors (Lipinski definition) is 0. The lowest BCUT2D eigenvalue weighted by atomic mass is 9.93.